The molecule has 4 atom stereocenters. The predicted molar refractivity (Wildman–Crippen MR) is 107 cm³/mol. The molecular formula is C20H23N2O7P. The zero-order chi connectivity index (χ0) is 21.4. The summed E-state index contributed by atoms with van der Waals surface area (Å²) in [4.78, 5) is 27.0. The van der Waals surface area contributed by atoms with Crippen molar-refractivity contribution in [3.8, 4) is 5.75 Å². The Morgan fingerprint density at radius 2 is 2.10 bits per heavy atom. The SMILES string of the molecule is C[C@H](C=O)NP(=O)(OC[C@@H]1CCC(OC(=O)c2cccnc2)O1)Oc1ccccc1. The smallest absolute Gasteiger partial charge is 0.432 e. The van der Waals surface area contributed by atoms with Crippen LogP contribution in [0.2, 0.25) is 0 Å². The lowest BCUT2D eigenvalue weighted by Gasteiger charge is -2.23. The molecule has 160 valence electrons. The normalized spacial score (nSPS) is 21.4. The third-order valence-corrected chi connectivity index (χ3v) is 5.83. The van der Waals surface area contributed by atoms with Crippen LogP contribution in [0.3, 0.4) is 0 Å². The molecule has 1 aromatic carbocycles. The molecule has 0 saturated carbocycles. The quantitative estimate of drug-likeness (QED) is 0.342. The summed E-state index contributed by atoms with van der Waals surface area (Å²) in [6.07, 6.45) is 3.41. The zero-order valence-electron chi connectivity index (χ0n) is 16.4. The summed E-state index contributed by atoms with van der Waals surface area (Å²) in [5.74, 6) is -0.198. The van der Waals surface area contributed by atoms with Crippen molar-refractivity contribution in [1.82, 2.24) is 10.1 Å². The van der Waals surface area contributed by atoms with Crippen LogP contribution in [0.15, 0.2) is 54.9 Å². The van der Waals surface area contributed by atoms with Gasteiger partial charge < -0.3 is 18.8 Å². The van der Waals surface area contributed by atoms with Gasteiger partial charge in [0, 0.05) is 18.8 Å². The second kappa shape index (κ2) is 10.4. The Kier molecular flexibility index (Phi) is 7.70. The van der Waals surface area contributed by atoms with Crippen LogP contribution in [0.1, 0.15) is 30.1 Å². The largest absolute Gasteiger partial charge is 0.459 e. The number of para-hydroxylation sites is 1. The summed E-state index contributed by atoms with van der Waals surface area (Å²) in [5, 5.41) is 2.58. The van der Waals surface area contributed by atoms with Gasteiger partial charge in [0.25, 0.3) is 0 Å². The Labute approximate surface area is 174 Å². The van der Waals surface area contributed by atoms with E-state index in [9.17, 15) is 14.2 Å². The molecule has 1 aromatic heterocycles. The first kappa shape index (κ1) is 22.1. The number of nitrogens with one attached hydrogen (secondary N) is 1. The number of benzene rings is 1. The molecule has 1 saturated heterocycles. The fourth-order valence-electron chi connectivity index (χ4n) is 2.72. The number of pyridine rings is 1. The number of hydrogen-bond acceptors (Lipinski definition) is 8. The number of carbonyl (C=O) groups is 2. The fourth-order valence-corrected chi connectivity index (χ4v) is 4.23. The molecule has 1 aliphatic heterocycles. The summed E-state index contributed by atoms with van der Waals surface area (Å²) in [5.41, 5.74) is 0.327. The van der Waals surface area contributed by atoms with Crippen LogP contribution in [-0.2, 0) is 23.4 Å². The number of nitrogens with zero attached hydrogens (tertiary/aromatic N) is 1. The van der Waals surface area contributed by atoms with Crippen molar-refractivity contribution < 1.29 is 32.7 Å². The molecule has 2 heterocycles. The fraction of sp³-hybridized carbons (Fsp3) is 0.350. The standard InChI is InChI=1S/C20H23N2O7P/c1-15(13-23)22-30(25,29-17-7-3-2-4-8-17)26-14-18-9-10-19(27-18)28-20(24)16-6-5-11-21-12-16/h2-8,11-13,15,18-19H,9-10,14H2,1H3,(H,22,25)/t15-,18+,19?,30?/m1/s1. The van der Waals surface area contributed by atoms with Crippen molar-refractivity contribution in [3.05, 3.63) is 60.4 Å². The molecule has 2 aromatic rings. The number of carbonyl (C=O) groups excluding carboxylic acids is 2. The monoisotopic (exact) mass is 434 g/mol. The van der Waals surface area contributed by atoms with E-state index in [1.165, 1.54) is 13.1 Å². The molecule has 0 spiro atoms. The maximum absolute atomic E-state index is 13.1. The topological polar surface area (TPSA) is 113 Å². The van der Waals surface area contributed by atoms with Gasteiger partial charge in [-0.25, -0.2) is 14.4 Å². The van der Waals surface area contributed by atoms with Gasteiger partial charge in [-0.15, -0.1) is 0 Å². The predicted octanol–water partition coefficient (Wildman–Crippen LogP) is 3.12. The summed E-state index contributed by atoms with van der Waals surface area (Å²) in [7, 11) is -3.84. The maximum Gasteiger partial charge on any atom is 0.459 e. The average Bonchev–Trinajstić information content (AvgIpc) is 3.21. The number of rotatable bonds is 10. The van der Waals surface area contributed by atoms with Gasteiger partial charge in [-0.3, -0.25) is 9.51 Å². The van der Waals surface area contributed by atoms with E-state index in [0.717, 1.165) is 0 Å². The number of esters is 1. The third-order valence-electron chi connectivity index (χ3n) is 4.17. The van der Waals surface area contributed by atoms with Crippen LogP contribution in [0.25, 0.3) is 0 Å². The average molecular weight is 434 g/mol. The zero-order valence-corrected chi connectivity index (χ0v) is 17.3. The van der Waals surface area contributed by atoms with E-state index < -0.39 is 32.2 Å². The van der Waals surface area contributed by atoms with E-state index in [1.54, 1.807) is 48.7 Å². The highest BCUT2D eigenvalue weighted by atomic mass is 31.2. The minimum absolute atomic E-state index is 0.0658. The van der Waals surface area contributed by atoms with E-state index in [4.69, 9.17) is 18.5 Å². The van der Waals surface area contributed by atoms with Gasteiger partial charge in [0.1, 0.15) is 12.0 Å². The minimum Gasteiger partial charge on any atom is -0.432 e. The Bertz CT molecular complexity index is 881. The third kappa shape index (κ3) is 6.47. The van der Waals surface area contributed by atoms with Crippen molar-refractivity contribution in [3.63, 3.8) is 0 Å². The lowest BCUT2D eigenvalue weighted by atomic mass is 10.2. The number of ether oxygens (including phenoxy) is 2. The van der Waals surface area contributed by atoms with Gasteiger partial charge in [0.2, 0.25) is 6.29 Å². The van der Waals surface area contributed by atoms with Gasteiger partial charge in [-0.1, -0.05) is 18.2 Å². The molecule has 2 unspecified atom stereocenters. The summed E-state index contributed by atoms with van der Waals surface area (Å²) >= 11 is 0. The van der Waals surface area contributed by atoms with Gasteiger partial charge in [0.15, 0.2) is 0 Å². The molecule has 30 heavy (non-hydrogen) atoms. The van der Waals surface area contributed by atoms with Crippen LogP contribution in [-0.4, -0.2) is 42.3 Å². The number of hydrogen-bond donors (Lipinski definition) is 1. The van der Waals surface area contributed by atoms with Gasteiger partial charge >= 0.3 is 13.7 Å². The molecule has 9 nitrogen and oxygen atoms in total. The van der Waals surface area contributed by atoms with Crippen molar-refractivity contribution in [1.29, 1.82) is 0 Å². The first-order chi connectivity index (χ1) is 14.5. The molecule has 0 radical (unpaired) electrons. The van der Waals surface area contributed by atoms with Crippen LogP contribution >= 0.6 is 7.75 Å². The van der Waals surface area contributed by atoms with Crippen LogP contribution in [0, 0.1) is 0 Å². The van der Waals surface area contributed by atoms with Gasteiger partial charge in [-0.2, -0.15) is 0 Å². The van der Waals surface area contributed by atoms with E-state index in [2.05, 4.69) is 10.1 Å². The summed E-state index contributed by atoms with van der Waals surface area (Å²) in [6, 6.07) is 11.0. The number of aromatic nitrogens is 1. The first-order valence-electron chi connectivity index (χ1n) is 9.46. The first-order valence-corrected chi connectivity index (χ1v) is 11.0. The van der Waals surface area contributed by atoms with E-state index in [-0.39, 0.29) is 6.61 Å². The molecule has 3 rings (SSSR count). The Morgan fingerprint density at radius 3 is 2.80 bits per heavy atom. The minimum atomic E-state index is -3.84. The lowest BCUT2D eigenvalue weighted by Crippen LogP contribution is -2.29. The second-order valence-corrected chi connectivity index (χ2v) is 8.36. The van der Waals surface area contributed by atoms with Crippen molar-refractivity contribution in [2.45, 2.75) is 38.2 Å². The van der Waals surface area contributed by atoms with E-state index in [1.807, 2.05) is 0 Å². The summed E-state index contributed by atoms with van der Waals surface area (Å²) in [6.45, 7) is 1.47. The Hall–Kier alpha value is -2.58. The van der Waals surface area contributed by atoms with E-state index in [0.29, 0.717) is 30.4 Å². The Morgan fingerprint density at radius 1 is 1.30 bits per heavy atom. The molecule has 0 bridgehead atoms. The molecule has 0 amide bonds. The van der Waals surface area contributed by atoms with Crippen LogP contribution in [0.4, 0.5) is 0 Å². The highest BCUT2D eigenvalue weighted by Crippen LogP contribution is 2.45. The highest BCUT2D eigenvalue weighted by Gasteiger charge is 2.34. The van der Waals surface area contributed by atoms with Crippen molar-refractivity contribution >= 4 is 20.0 Å². The maximum atomic E-state index is 13.1. The van der Waals surface area contributed by atoms with E-state index >= 15 is 0 Å². The molecule has 0 aliphatic carbocycles. The van der Waals surface area contributed by atoms with Crippen LogP contribution in [0.5, 0.6) is 5.75 Å². The van der Waals surface area contributed by atoms with Crippen LogP contribution < -0.4 is 9.61 Å². The summed E-state index contributed by atoms with van der Waals surface area (Å²) < 4.78 is 35.1. The van der Waals surface area contributed by atoms with Gasteiger partial charge in [-0.05, 0) is 37.6 Å². The highest BCUT2D eigenvalue weighted by molar-refractivity contribution is 7.52. The van der Waals surface area contributed by atoms with Gasteiger partial charge in [0.05, 0.1) is 24.3 Å². The lowest BCUT2D eigenvalue weighted by molar-refractivity contribution is -0.109. The molecule has 10 heteroatoms. The molecular weight excluding hydrogens is 411 g/mol. The van der Waals surface area contributed by atoms with Crippen molar-refractivity contribution in [2.75, 3.05) is 6.61 Å². The van der Waals surface area contributed by atoms with Crippen molar-refractivity contribution in [2.24, 2.45) is 0 Å². The second-order valence-electron chi connectivity index (χ2n) is 6.66. The molecule has 1 fully saturated rings. The molecule has 1 N–H and O–H groups in total. The Balaban J connectivity index is 1.54. The molecule has 1 aliphatic rings. The number of aldehydes is 1.